The largest absolute Gasteiger partial charge is 0.356 e. The Morgan fingerprint density at radius 3 is 0.833 bits per heavy atom. The minimum Gasteiger partial charge on any atom is -0.356 e. The first-order valence-corrected chi connectivity index (χ1v) is 44.9. The number of aryl methyl sites for hydroxylation is 4. The van der Waals surface area contributed by atoms with Gasteiger partial charge in [0.2, 0.25) is 23.6 Å². The highest BCUT2D eigenvalue weighted by molar-refractivity contribution is 7.14. The molecule has 8 aromatic heterocycles. The van der Waals surface area contributed by atoms with Crippen molar-refractivity contribution >= 4 is 115 Å². The topological polar surface area (TPSA) is 268 Å². The van der Waals surface area contributed by atoms with E-state index in [-0.39, 0.29) is 23.6 Å². The lowest BCUT2D eigenvalue weighted by Gasteiger charge is -2.15. The van der Waals surface area contributed by atoms with E-state index in [0.717, 1.165) is 182 Å². The number of anilines is 8. The van der Waals surface area contributed by atoms with Gasteiger partial charge in [0.05, 0.1) is 45.2 Å². The molecule has 24 heteroatoms. The number of hydrogen-bond acceptors (Lipinski definition) is 20. The SMILES string of the molecule is C=CCc1c(C)nc(-c2cccs2)nc1Nc1ccc(CC(=O)NCC(C)C)cc1.C=CCc1c(CC)nc(-c2cccs2)nc1Nc1ccc(CC(=O)NCC(C)C)cc1.CCc1c(C)nc(-c2cccs2)nc1Nc1ccc(CC(=O)NCC(C)C)cc1.CCc1nc(-c2cccs2)nc(Nc2ccc(CC(=O)NCC(C)C)cc2)c1CC. The van der Waals surface area contributed by atoms with Gasteiger partial charge in [0.15, 0.2) is 23.3 Å². The van der Waals surface area contributed by atoms with E-state index < -0.39 is 0 Å². The van der Waals surface area contributed by atoms with Crippen LogP contribution in [0, 0.1) is 37.5 Å². The third-order valence-corrected chi connectivity index (χ3v) is 22.3. The normalized spacial score (nSPS) is 10.9. The number of benzene rings is 4. The second kappa shape index (κ2) is 47.4. The lowest BCUT2D eigenvalue weighted by molar-refractivity contribution is -0.121. The number of carbonyl (C=O) groups is 4. The number of carbonyl (C=O) groups excluding carboxylic acids is 4. The third kappa shape index (κ3) is 28.9. The highest BCUT2D eigenvalue weighted by atomic mass is 32.1. The Morgan fingerprint density at radius 2 is 0.575 bits per heavy atom. The number of hydrogen-bond donors (Lipinski definition) is 8. The Labute approximate surface area is 725 Å². The van der Waals surface area contributed by atoms with E-state index >= 15 is 0 Å². The quantitative estimate of drug-likeness (QED) is 0.0170. The van der Waals surface area contributed by atoms with Gasteiger partial charge in [-0.15, -0.1) is 58.5 Å². The van der Waals surface area contributed by atoms with Crippen LogP contribution in [-0.2, 0) is 83.4 Å². The van der Waals surface area contributed by atoms with E-state index in [1.54, 1.807) is 45.3 Å². The standard InChI is InChI=1S/C25H30N4OS.C24H28N4OS.C24H30N4OS.C23H28N4OS/c1-5-8-20-21(6-2)28-25(22-9-7-14-31-22)29-24(20)27-19-12-10-18(11-13-19)15-23(30)26-16-17(3)4;1-5-7-20-17(4)26-24(21-8-6-13-30-21)28-23(20)27-19-11-9-18(10-12-19)14-22(29)25-15-16(2)3;1-5-19-20(6-2)27-24(21-8-7-13-30-21)28-23(19)26-18-11-9-17(10-12-18)14-22(29)25-15-16(3)4;1-5-19-16(4)25-23(20-7-6-12-29-20)27-22(19)26-18-10-8-17(9-11-18)13-21(28)24-14-15(2)3/h5,7,9-14,17H,1,6,8,15-16H2,2-4H3,(H,26,30)(H,27,28,29);5-6,8-13,16H,1,7,14-15H2,2-4H3,(H,25,29)(H,26,27,28);7-13,16H,5-6,14-15H2,1-4H3,(H,25,29)(H,26,27,28);6-12,15H,5,13-14H2,1-4H3,(H,24,28)(H,25,26,27). The van der Waals surface area contributed by atoms with Gasteiger partial charge in [-0.2, -0.15) is 0 Å². The van der Waals surface area contributed by atoms with Crippen molar-refractivity contribution in [2.75, 3.05) is 47.4 Å². The van der Waals surface area contributed by atoms with Gasteiger partial charge in [-0.25, -0.2) is 39.9 Å². The summed E-state index contributed by atoms with van der Waals surface area (Å²) >= 11 is 6.54. The summed E-state index contributed by atoms with van der Waals surface area (Å²) in [5, 5.41) is 33.8. The van der Waals surface area contributed by atoms with E-state index in [0.29, 0.717) is 88.4 Å². The van der Waals surface area contributed by atoms with Crippen LogP contribution >= 0.6 is 45.3 Å². The highest BCUT2D eigenvalue weighted by Gasteiger charge is 2.20. The lowest BCUT2D eigenvalue weighted by atomic mass is 10.1. The average Bonchev–Trinajstić information content (AvgIpc) is 1.35. The van der Waals surface area contributed by atoms with E-state index in [9.17, 15) is 19.2 Å². The van der Waals surface area contributed by atoms with Crippen molar-refractivity contribution in [2.24, 2.45) is 23.7 Å². The van der Waals surface area contributed by atoms with Gasteiger partial charge in [-0.05, 0) is 193 Å². The average molecular weight is 1690 g/mol. The van der Waals surface area contributed by atoms with E-state index in [4.69, 9.17) is 29.9 Å². The first-order chi connectivity index (χ1) is 57.9. The summed E-state index contributed by atoms with van der Waals surface area (Å²) in [7, 11) is 0. The van der Waals surface area contributed by atoms with Gasteiger partial charge >= 0.3 is 0 Å². The van der Waals surface area contributed by atoms with E-state index in [1.807, 2.05) is 193 Å². The fourth-order valence-electron chi connectivity index (χ4n) is 12.5. The minimum atomic E-state index is 0.0460. The Hall–Kier alpha value is -11.4. The second-order valence-corrected chi connectivity index (χ2v) is 34.4. The molecule has 12 aromatic rings. The van der Waals surface area contributed by atoms with Crippen LogP contribution in [0.1, 0.15) is 150 Å². The summed E-state index contributed by atoms with van der Waals surface area (Å²) in [6.45, 7) is 39.8. The Balaban J connectivity index is 0.000000182. The Morgan fingerprint density at radius 1 is 0.325 bits per heavy atom. The summed E-state index contributed by atoms with van der Waals surface area (Å²) in [4.78, 5) is 90.6. The third-order valence-electron chi connectivity index (χ3n) is 18.8. The monoisotopic (exact) mass is 1680 g/mol. The summed E-state index contributed by atoms with van der Waals surface area (Å²) in [5.74, 6) is 8.25. The molecule has 0 bridgehead atoms. The van der Waals surface area contributed by atoms with Gasteiger partial charge < -0.3 is 42.5 Å². The van der Waals surface area contributed by atoms with Gasteiger partial charge in [-0.3, -0.25) is 19.2 Å². The molecule has 4 amide bonds. The fraction of sp³-hybridized carbons (Fsp3) is 0.333. The van der Waals surface area contributed by atoms with Crippen LogP contribution < -0.4 is 42.5 Å². The van der Waals surface area contributed by atoms with Crippen LogP contribution in [-0.4, -0.2) is 89.7 Å². The first-order valence-electron chi connectivity index (χ1n) is 41.3. The van der Waals surface area contributed by atoms with Crippen molar-refractivity contribution in [1.82, 2.24) is 61.1 Å². The van der Waals surface area contributed by atoms with Crippen LogP contribution in [0.4, 0.5) is 46.0 Å². The smallest absolute Gasteiger partial charge is 0.224 e. The molecule has 0 unspecified atom stereocenters. The highest BCUT2D eigenvalue weighted by Crippen LogP contribution is 2.34. The number of aromatic nitrogens is 8. The van der Waals surface area contributed by atoms with Gasteiger partial charge in [0.1, 0.15) is 23.3 Å². The summed E-state index contributed by atoms with van der Waals surface area (Å²) < 4.78 is 0. The number of nitrogens with zero attached hydrogens (tertiary/aromatic N) is 8. The van der Waals surface area contributed by atoms with Crippen LogP contribution in [0.25, 0.3) is 42.8 Å². The zero-order valence-corrected chi connectivity index (χ0v) is 75.1. The van der Waals surface area contributed by atoms with Gasteiger partial charge in [0, 0.05) is 94.0 Å². The number of amides is 4. The zero-order chi connectivity index (χ0) is 86.0. The molecule has 12 rings (SSSR count). The molecule has 0 aliphatic carbocycles. The van der Waals surface area contributed by atoms with Crippen molar-refractivity contribution in [3.05, 3.63) is 260 Å². The molecule has 120 heavy (non-hydrogen) atoms. The van der Waals surface area contributed by atoms with Crippen molar-refractivity contribution in [1.29, 1.82) is 0 Å². The minimum absolute atomic E-state index is 0.0460. The first kappa shape index (κ1) is 92.4. The van der Waals surface area contributed by atoms with Crippen LogP contribution in [0.3, 0.4) is 0 Å². The van der Waals surface area contributed by atoms with Crippen molar-refractivity contribution in [3.8, 4) is 42.8 Å². The second-order valence-electron chi connectivity index (χ2n) is 30.7. The molecule has 0 saturated heterocycles. The maximum atomic E-state index is 12.1. The molecule has 0 fully saturated rings. The number of nitrogens with one attached hydrogen (secondary N) is 8. The molecule has 0 aliphatic rings. The van der Waals surface area contributed by atoms with Crippen LogP contribution in [0.5, 0.6) is 0 Å². The van der Waals surface area contributed by atoms with Crippen LogP contribution in [0.15, 0.2) is 192 Å². The molecule has 628 valence electrons. The van der Waals surface area contributed by atoms with Crippen molar-refractivity contribution < 1.29 is 19.2 Å². The molecule has 0 spiro atoms. The predicted octanol–water partition coefficient (Wildman–Crippen LogP) is 21.4. The molecule has 0 atom stereocenters. The molecular weight excluding hydrogens is 1570 g/mol. The molecule has 0 saturated carbocycles. The van der Waals surface area contributed by atoms with Crippen molar-refractivity contribution in [2.45, 2.75) is 161 Å². The molecule has 0 aliphatic heterocycles. The lowest BCUT2D eigenvalue weighted by Crippen LogP contribution is -2.28. The molecule has 4 aromatic carbocycles. The fourth-order valence-corrected chi connectivity index (χ4v) is 15.1. The Bertz CT molecular complexity index is 5230. The summed E-state index contributed by atoms with van der Waals surface area (Å²) in [5.41, 5.74) is 16.1. The number of thiophene rings is 4. The molecule has 8 N–H and O–H groups in total. The number of rotatable bonds is 36. The predicted molar refractivity (Wildman–Crippen MR) is 501 cm³/mol. The van der Waals surface area contributed by atoms with Crippen LogP contribution in [0.2, 0.25) is 0 Å². The zero-order valence-electron chi connectivity index (χ0n) is 71.8. The Kier molecular flexibility index (Phi) is 36.5. The van der Waals surface area contributed by atoms with Crippen molar-refractivity contribution in [3.63, 3.8) is 0 Å². The van der Waals surface area contributed by atoms with E-state index in [1.165, 1.54) is 0 Å². The van der Waals surface area contributed by atoms with E-state index in [2.05, 4.69) is 149 Å². The summed E-state index contributed by atoms with van der Waals surface area (Å²) in [6.07, 6.45) is 10.1. The molecular formula is C96H116N16O4S4. The molecule has 20 nitrogen and oxygen atoms in total. The molecule has 0 radical (unpaired) electrons. The maximum absolute atomic E-state index is 12.1. The maximum Gasteiger partial charge on any atom is 0.224 e. The summed E-state index contributed by atoms with van der Waals surface area (Å²) in [6, 6.07) is 48.0. The molecule has 8 heterocycles. The number of allylic oxidation sites excluding steroid dienone is 2. The van der Waals surface area contributed by atoms with Gasteiger partial charge in [-0.1, -0.05) is 168 Å². The van der Waals surface area contributed by atoms with Gasteiger partial charge in [0.25, 0.3) is 0 Å².